The normalized spacial score (nSPS) is 23.7. The molecule has 4 heteroatoms. The van der Waals surface area contributed by atoms with Gasteiger partial charge in [0, 0.05) is 12.8 Å². The predicted molar refractivity (Wildman–Crippen MR) is 105 cm³/mol. The molecule has 3 atom stereocenters. The Hall–Kier alpha value is -1.06. The fourth-order valence-electron chi connectivity index (χ4n) is 3.76. The minimum absolute atomic E-state index is 0.0538. The number of unbranched alkanes of at least 4 members (excludes halogenated alkanes) is 3. The van der Waals surface area contributed by atoms with Crippen molar-refractivity contribution in [3.8, 4) is 0 Å². The van der Waals surface area contributed by atoms with Gasteiger partial charge in [-0.1, -0.05) is 40.0 Å². The van der Waals surface area contributed by atoms with Crippen LogP contribution >= 0.6 is 0 Å². The van der Waals surface area contributed by atoms with Gasteiger partial charge in [-0.05, 0) is 64.2 Å². The van der Waals surface area contributed by atoms with Crippen molar-refractivity contribution in [3.05, 3.63) is 0 Å². The van der Waals surface area contributed by atoms with Gasteiger partial charge in [-0.3, -0.25) is 9.59 Å². The molecule has 1 aliphatic carbocycles. The van der Waals surface area contributed by atoms with Gasteiger partial charge in [0.15, 0.2) is 0 Å². The molecule has 152 valence electrons. The van der Waals surface area contributed by atoms with E-state index in [4.69, 9.17) is 9.47 Å². The van der Waals surface area contributed by atoms with Crippen molar-refractivity contribution in [2.45, 2.75) is 111 Å². The summed E-state index contributed by atoms with van der Waals surface area (Å²) in [4.78, 5) is 23.8. The molecular weight excluding hydrogens is 328 g/mol. The Labute approximate surface area is 160 Å². The number of hydrogen-bond acceptors (Lipinski definition) is 4. The highest BCUT2D eigenvalue weighted by Gasteiger charge is 2.33. The molecule has 0 aromatic carbocycles. The first kappa shape index (κ1) is 23.0. The zero-order chi connectivity index (χ0) is 19.7. The van der Waals surface area contributed by atoms with E-state index in [1.807, 2.05) is 20.8 Å². The monoisotopic (exact) mass is 368 g/mol. The van der Waals surface area contributed by atoms with Gasteiger partial charge in [0.25, 0.3) is 0 Å². The van der Waals surface area contributed by atoms with Crippen LogP contribution < -0.4 is 0 Å². The van der Waals surface area contributed by atoms with Gasteiger partial charge in [0.2, 0.25) is 0 Å². The quantitative estimate of drug-likeness (QED) is 0.388. The number of hydrogen-bond donors (Lipinski definition) is 0. The third-order valence-corrected chi connectivity index (χ3v) is 5.18. The van der Waals surface area contributed by atoms with Crippen LogP contribution in [0.15, 0.2) is 0 Å². The summed E-state index contributed by atoms with van der Waals surface area (Å²) in [6, 6.07) is 0. The molecule has 0 unspecified atom stereocenters. The summed E-state index contributed by atoms with van der Waals surface area (Å²) in [5.41, 5.74) is -0.411. The van der Waals surface area contributed by atoms with Crippen molar-refractivity contribution < 1.29 is 19.1 Å². The summed E-state index contributed by atoms with van der Waals surface area (Å²) in [7, 11) is 0. The molecule has 0 aliphatic heterocycles. The second kappa shape index (κ2) is 10.9. The first-order valence-corrected chi connectivity index (χ1v) is 10.5. The van der Waals surface area contributed by atoms with E-state index in [9.17, 15) is 9.59 Å². The van der Waals surface area contributed by atoms with E-state index in [1.54, 1.807) is 0 Å². The van der Waals surface area contributed by atoms with Crippen molar-refractivity contribution >= 4 is 11.9 Å². The van der Waals surface area contributed by atoms with Gasteiger partial charge in [0.05, 0.1) is 0 Å². The summed E-state index contributed by atoms with van der Waals surface area (Å²) in [6.45, 7) is 12.4. The molecule has 0 spiro atoms. The van der Waals surface area contributed by atoms with Crippen molar-refractivity contribution in [2.75, 3.05) is 0 Å². The maximum absolute atomic E-state index is 12.2. The van der Waals surface area contributed by atoms with E-state index in [-0.39, 0.29) is 18.0 Å². The summed E-state index contributed by atoms with van der Waals surface area (Å²) in [6.07, 6.45) is 8.01. The molecule has 0 aromatic rings. The summed E-state index contributed by atoms with van der Waals surface area (Å²) in [5.74, 6) is 1.53. The van der Waals surface area contributed by atoms with Crippen LogP contribution in [0.2, 0.25) is 0 Å². The van der Waals surface area contributed by atoms with Crippen LogP contribution in [0.5, 0.6) is 0 Å². The topological polar surface area (TPSA) is 52.6 Å². The maximum Gasteiger partial charge on any atom is 0.306 e. The summed E-state index contributed by atoms with van der Waals surface area (Å²) >= 11 is 0. The molecule has 0 heterocycles. The lowest BCUT2D eigenvalue weighted by Crippen LogP contribution is -2.35. The molecule has 26 heavy (non-hydrogen) atoms. The third kappa shape index (κ3) is 9.59. The van der Waals surface area contributed by atoms with E-state index in [0.29, 0.717) is 30.6 Å². The van der Waals surface area contributed by atoms with Crippen LogP contribution in [-0.4, -0.2) is 23.6 Å². The summed E-state index contributed by atoms with van der Waals surface area (Å²) < 4.78 is 11.1. The van der Waals surface area contributed by atoms with Gasteiger partial charge < -0.3 is 9.47 Å². The van der Waals surface area contributed by atoms with Gasteiger partial charge in [0.1, 0.15) is 11.7 Å². The van der Waals surface area contributed by atoms with Gasteiger partial charge >= 0.3 is 11.9 Å². The molecule has 0 aromatic heterocycles. The number of ether oxygens (including phenoxy) is 2. The second-order valence-corrected chi connectivity index (χ2v) is 9.36. The standard InChI is InChI=1S/C22H40O4/c1-16(2)18-14-13-17(3)15-19(18)25-20(23)11-9-7-8-10-12-21(24)26-22(4,5)6/h16-19H,7-15H2,1-6H3/t17-,18+,19-/m1/s1. The zero-order valence-electron chi connectivity index (χ0n) is 17.8. The Kier molecular flexibility index (Phi) is 9.67. The van der Waals surface area contributed by atoms with E-state index in [1.165, 1.54) is 12.8 Å². The smallest absolute Gasteiger partial charge is 0.306 e. The largest absolute Gasteiger partial charge is 0.462 e. The van der Waals surface area contributed by atoms with E-state index < -0.39 is 5.60 Å². The van der Waals surface area contributed by atoms with Crippen molar-refractivity contribution in [1.82, 2.24) is 0 Å². The Morgan fingerprint density at radius 1 is 0.962 bits per heavy atom. The molecule has 1 saturated carbocycles. The predicted octanol–water partition coefficient (Wildman–Crippen LogP) is 5.67. The average Bonchev–Trinajstić information content (AvgIpc) is 2.48. The highest BCUT2D eigenvalue weighted by Crippen LogP contribution is 2.35. The van der Waals surface area contributed by atoms with Crippen molar-refractivity contribution in [3.63, 3.8) is 0 Å². The lowest BCUT2D eigenvalue weighted by molar-refractivity contribution is -0.157. The molecule has 1 rings (SSSR count). The van der Waals surface area contributed by atoms with Crippen LogP contribution in [0.1, 0.15) is 99.3 Å². The molecule has 0 saturated heterocycles. The number of carbonyl (C=O) groups is 2. The molecule has 0 amide bonds. The maximum atomic E-state index is 12.2. The SMILES string of the molecule is CC(C)[C@@H]1CC[C@@H](C)C[C@H]1OC(=O)CCCCCCC(=O)OC(C)(C)C. The van der Waals surface area contributed by atoms with Crippen LogP contribution in [0.25, 0.3) is 0 Å². The van der Waals surface area contributed by atoms with Crippen LogP contribution in [0, 0.1) is 17.8 Å². The first-order chi connectivity index (χ1) is 12.1. The van der Waals surface area contributed by atoms with Gasteiger partial charge in [-0.25, -0.2) is 0 Å². The van der Waals surface area contributed by atoms with E-state index in [0.717, 1.165) is 32.1 Å². The molecule has 1 aliphatic rings. The summed E-state index contributed by atoms with van der Waals surface area (Å²) in [5, 5.41) is 0. The molecule has 0 bridgehead atoms. The Bertz CT molecular complexity index is 436. The minimum atomic E-state index is -0.411. The number of rotatable bonds is 9. The number of esters is 2. The Morgan fingerprint density at radius 3 is 2.08 bits per heavy atom. The molecule has 0 radical (unpaired) electrons. The fraction of sp³-hybridized carbons (Fsp3) is 0.909. The zero-order valence-corrected chi connectivity index (χ0v) is 17.8. The Balaban J connectivity index is 2.17. The van der Waals surface area contributed by atoms with Crippen LogP contribution in [-0.2, 0) is 19.1 Å². The molecule has 1 fully saturated rings. The van der Waals surface area contributed by atoms with E-state index >= 15 is 0 Å². The minimum Gasteiger partial charge on any atom is -0.462 e. The molecule has 0 N–H and O–H groups in total. The highest BCUT2D eigenvalue weighted by atomic mass is 16.6. The van der Waals surface area contributed by atoms with Gasteiger partial charge in [-0.2, -0.15) is 0 Å². The van der Waals surface area contributed by atoms with Crippen LogP contribution in [0.3, 0.4) is 0 Å². The molecular formula is C22H40O4. The van der Waals surface area contributed by atoms with E-state index in [2.05, 4.69) is 20.8 Å². The lowest BCUT2D eigenvalue weighted by Gasteiger charge is -2.36. The molecule has 4 nitrogen and oxygen atoms in total. The second-order valence-electron chi connectivity index (χ2n) is 9.36. The average molecular weight is 369 g/mol. The number of carbonyl (C=O) groups excluding carboxylic acids is 2. The van der Waals surface area contributed by atoms with Crippen LogP contribution in [0.4, 0.5) is 0 Å². The lowest BCUT2D eigenvalue weighted by atomic mass is 9.75. The third-order valence-electron chi connectivity index (χ3n) is 5.18. The van der Waals surface area contributed by atoms with Crippen molar-refractivity contribution in [1.29, 1.82) is 0 Å². The van der Waals surface area contributed by atoms with Gasteiger partial charge in [-0.15, -0.1) is 0 Å². The fourth-order valence-corrected chi connectivity index (χ4v) is 3.76. The highest BCUT2D eigenvalue weighted by molar-refractivity contribution is 5.70. The first-order valence-electron chi connectivity index (χ1n) is 10.5. The Morgan fingerprint density at radius 2 is 1.54 bits per heavy atom. The van der Waals surface area contributed by atoms with Crippen molar-refractivity contribution in [2.24, 2.45) is 17.8 Å².